The lowest BCUT2D eigenvalue weighted by Gasteiger charge is -2.16. The first-order valence-electron chi connectivity index (χ1n) is 8.40. The average molecular weight is 427 g/mol. The molecule has 1 unspecified atom stereocenters. The summed E-state index contributed by atoms with van der Waals surface area (Å²) < 4.78 is 26.5. The van der Waals surface area contributed by atoms with Gasteiger partial charge in [-0.15, -0.1) is 11.3 Å². The second kappa shape index (κ2) is 9.77. The summed E-state index contributed by atoms with van der Waals surface area (Å²) in [5, 5.41) is 3.11. The normalized spacial score (nSPS) is 13.5. The number of aliphatic imine (C=N–C) groups is 1. The largest absolute Gasteiger partial charge is 0.403 e. The molecule has 0 aliphatic rings. The maximum absolute atomic E-state index is 13.4. The fraction of sp³-hybridized carbons (Fsp3) is 0.263. The van der Waals surface area contributed by atoms with Crippen molar-refractivity contribution in [2.24, 2.45) is 16.5 Å². The predicted molar refractivity (Wildman–Crippen MR) is 110 cm³/mol. The lowest BCUT2D eigenvalue weighted by Crippen LogP contribution is -2.41. The monoisotopic (exact) mass is 426 g/mol. The summed E-state index contributed by atoms with van der Waals surface area (Å²) in [4.78, 5) is 18.1. The molecular formula is C19H21ClF2N4OS. The molecule has 1 amide bonds. The Kier molecular flexibility index (Phi) is 7.68. The summed E-state index contributed by atoms with van der Waals surface area (Å²) in [5.41, 5.74) is 13.0. The van der Waals surface area contributed by atoms with Crippen LogP contribution in [0, 0.1) is 18.6 Å². The van der Waals surface area contributed by atoms with Gasteiger partial charge in [-0.25, -0.2) is 8.78 Å². The molecule has 150 valence electrons. The van der Waals surface area contributed by atoms with Crippen LogP contribution in [-0.4, -0.2) is 31.3 Å². The second-order valence-corrected chi connectivity index (χ2v) is 7.69. The highest BCUT2D eigenvalue weighted by molar-refractivity contribution is 7.14. The first-order valence-corrected chi connectivity index (χ1v) is 9.60. The molecule has 0 radical (unpaired) electrons. The number of hydrogen-bond acceptors (Lipinski definition) is 5. The molecule has 5 nitrogen and oxygen atoms in total. The zero-order chi connectivity index (χ0) is 20.8. The standard InChI is InChI=1S/C19H21ClF2N4OS/c1-10-13(18(25-2)14(20)9-24)7-17(28-10)19(27)26-12(8-23)5-11-3-4-15(21)16(22)6-11/h3-4,6-7,9,12H,5,8,23-24H2,1-2H3,(H,26,27). The zero-order valence-electron chi connectivity index (χ0n) is 15.4. The van der Waals surface area contributed by atoms with Crippen LogP contribution in [0.2, 0.25) is 0 Å². The zero-order valence-corrected chi connectivity index (χ0v) is 17.0. The third kappa shape index (κ3) is 5.15. The summed E-state index contributed by atoms with van der Waals surface area (Å²) in [7, 11) is 1.59. The molecule has 2 aromatic rings. The Labute approximate surface area is 171 Å². The second-order valence-electron chi connectivity index (χ2n) is 6.03. The average Bonchev–Trinajstić information content (AvgIpc) is 3.06. The molecule has 1 aromatic heterocycles. The van der Waals surface area contributed by atoms with Crippen molar-refractivity contribution in [2.45, 2.75) is 19.4 Å². The Hall–Kier alpha value is -2.29. The van der Waals surface area contributed by atoms with E-state index < -0.39 is 17.7 Å². The van der Waals surface area contributed by atoms with E-state index in [9.17, 15) is 13.6 Å². The van der Waals surface area contributed by atoms with Crippen molar-refractivity contribution in [1.82, 2.24) is 5.32 Å². The number of halogens is 3. The molecule has 1 aromatic carbocycles. The van der Waals surface area contributed by atoms with Crippen molar-refractivity contribution in [2.75, 3.05) is 13.6 Å². The van der Waals surface area contributed by atoms with E-state index in [1.807, 2.05) is 6.92 Å². The van der Waals surface area contributed by atoms with E-state index in [1.54, 1.807) is 13.1 Å². The smallest absolute Gasteiger partial charge is 0.261 e. The van der Waals surface area contributed by atoms with Gasteiger partial charge in [-0.05, 0) is 37.1 Å². The van der Waals surface area contributed by atoms with Gasteiger partial charge in [0.2, 0.25) is 0 Å². The molecule has 0 spiro atoms. The molecule has 28 heavy (non-hydrogen) atoms. The van der Waals surface area contributed by atoms with E-state index in [0.717, 1.165) is 17.0 Å². The van der Waals surface area contributed by atoms with Crippen LogP contribution >= 0.6 is 22.9 Å². The van der Waals surface area contributed by atoms with Crippen LogP contribution < -0.4 is 16.8 Å². The van der Waals surface area contributed by atoms with Crippen LogP contribution in [0.25, 0.3) is 0 Å². The van der Waals surface area contributed by atoms with Crippen molar-refractivity contribution in [3.05, 3.63) is 68.0 Å². The SMILES string of the molecule is CN=C(C(Cl)=CN)c1cc(C(=O)NC(CN)Cc2ccc(F)c(F)c2)sc1C. The van der Waals surface area contributed by atoms with Gasteiger partial charge in [-0.3, -0.25) is 9.79 Å². The Bertz CT molecular complexity index is 927. The highest BCUT2D eigenvalue weighted by atomic mass is 35.5. The highest BCUT2D eigenvalue weighted by Gasteiger charge is 2.20. The van der Waals surface area contributed by atoms with Gasteiger partial charge in [0, 0.05) is 36.3 Å². The molecule has 0 saturated heterocycles. The van der Waals surface area contributed by atoms with Crippen LogP contribution in [-0.2, 0) is 6.42 Å². The van der Waals surface area contributed by atoms with Gasteiger partial charge in [0.1, 0.15) is 0 Å². The van der Waals surface area contributed by atoms with Crippen molar-refractivity contribution < 1.29 is 13.6 Å². The number of rotatable bonds is 7. The molecule has 9 heteroatoms. The summed E-state index contributed by atoms with van der Waals surface area (Å²) in [6, 6.07) is 4.87. The minimum Gasteiger partial charge on any atom is -0.403 e. The third-order valence-electron chi connectivity index (χ3n) is 4.08. The number of benzene rings is 1. The molecule has 0 saturated carbocycles. The number of carbonyl (C=O) groups excluding carboxylic acids is 1. The molecule has 1 atom stereocenters. The molecule has 0 bridgehead atoms. The molecule has 0 aliphatic carbocycles. The van der Waals surface area contributed by atoms with Gasteiger partial charge >= 0.3 is 0 Å². The molecule has 0 fully saturated rings. The molecule has 1 heterocycles. The van der Waals surface area contributed by atoms with E-state index in [0.29, 0.717) is 21.7 Å². The number of nitrogens with zero attached hydrogens (tertiary/aromatic N) is 1. The van der Waals surface area contributed by atoms with Crippen LogP contribution in [0.4, 0.5) is 8.78 Å². The predicted octanol–water partition coefficient (Wildman–Crippen LogP) is 3.09. The summed E-state index contributed by atoms with van der Waals surface area (Å²) in [6.07, 6.45) is 1.52. The molecule has 0 aliphatic heterocycles. The molecular weight excluding hydrogens is 406 g/mol. The third-order valence-corrected chi connectivity index (χ3v) is 5.43. The van der Waals surface area contributed by atoms with Crippen LogP contribution in [0.5, 0.6) is 0 Å². The first kappa shape index (κ1) is 22.0. The number of carbonyl (C=O) groups is 1. The van der Waals surface area contributed by atoms with Gasteiger partial charge in [-0.1, -0.05) is 17.7 Å². The summed E-state index contributed by atoms with van der Waals surface area (Å²) in [5.74, 6) is -2.17. The minimum absolute atomic E-state index is 0.144. The van der Waals surface area contributed by atoms with E-state index in [4.69, 9.17) is 23.1 Å². The van der Waals surface area contributed by atoms with E-state index >= 15 is 0 Å². The van der Waals surface area contributed by atoms with Gasteiger partial charge in [0.15, 0.2) is 11.6 Å². The number of allylic oxidation sites excluding steroid dienone is 1. The number of thiophene rings is 1. The van der Waals surface area contributed by atoms with E-state index in [-0.39, 0.29) is 23.9 Å². The van der Waals surface area contributed by atoms with Crippen LogP contribution in [0.1, 0.15) is 25.7 Å². The van der Waals surface area contributed by atoms with Crippen molar-refractivity contribution in [3.63, 3.8) is 0 Å². The molecule has 2 rings (SSSR count). The van der Waals surface area contributed by atoms with E-state index in [1.165, 1.54) is 23.6 Å². The van der Waals surface area contributed by atoms with Gasteiger partial charge in [-0.2, -0.15) is 0 Å². The van der Waals surface area contributed by atoms with Gasteiger partial charge in [0.25, 0.3) is 5.91 Å². The van der Waals surface area contributed by atoms with Crippen molar-refractivity contribution >= 4 is 34.6 Å². The summed E-state index contributed by atoms with van der Waals surface area (Å²) >= 11 is 7.37. The first-order chi connectivity index (χ1) is 13.3. The summed E-state index contributed by atoms with van der Waals surface area (Å²) in [6.45, 7) is 2.00. The maximum Gasteiger partial charge on any atom is 0.261 e. The Balaban J connectivity index is 2.16. The number of nitrogens with two attached hydrogens (primary N) is 2. The Morgan fingerprint density at radius 2 is 2.07 bits per heavy atom. The Morgan fingerprint density at radius 3 is 2.64 bits per heavy atom. The maximum atomic E-state index is 13.4. The lowest BCUT2D eigenvalue weighted by molar-refractivity contribution is 0.0942. The number of amides is 1. The number of hydrogen-bond donors (Lipinski definition) is 3. The van der Waals surface area contributed by atoms with Crippen LogP contribution in [0.3, 0.4) is 0 Å². The number of aryl methyl sites for hydroxylation is 1. The minimum atomic E-state index is -0.936. The fourth-order valence-electron chi connectivity index (χ4n) is 2.66. The Morgan fingerprint density at radius 1 is 1.36 bits per heavy atom. The molecule has 5 N–H and O–H groups in total. The van der Waals surface area contributed by atoms with Crippen molar-refractivity contribution in [1.29, 1.82) is 0 Å². The van der Waals surface area contributed by atoms with Crippen LogP contribution in [0.15, 0.2) is 40.5 Å². The quantitative estimate of drug-likeness (QED) is 0.594. The van der Waals surface area contributed by atoms with Gasteiger partial charge in [0.05, 0.1) is 15.6 Å². The fourth-order valence-corrected chi connectivity index (χ4v) is 3.78. The lowest BCUT2D eigenvalue weighted by atomic mass is 10.1. The topological polar surface area (TPSA) is 93.5 Å². The van der Waals surface area contributed by atoms with Crippen molar-refractivity contribution in [3.8, 4) is 0 Å². The number of nitrogens with one attached hydrogen (secondary N) is 1. The van der Waals surface area contributed by atoms with Gasteiger partial charge < -0.3 is 16.8 Å². The van der Waals surface area contributed by atoms with E-state index in [2.05, 4.69) is 10.3 Å². The highest BCUT2D eigenvalue weighted by Crippen LogP contribution is 2.25.